The van der Waals surface area contributed by atoms with Gasteiger partial charge in [0.1, 0.15) is 11.3 Å². The van der Waals surface area contributed by atoms with Gasteiger partial charge in [-0.2, -0.15) is 0 Å². The highest BCUT2D eigenvalue weighted by Crippen LogP contribution is 2.24. The third kappa shape index (κ3) is 3.53. The van der Waals surface area contributed by atoms with Crippen LogP contribution in [0.25, 0.3) is 0 Å². The molecule has 0 aliphatic rings. The summed E-state index contributed by atoms with van der Waals surface area (Å²) in [6, 6.07) is 8.14. The molecule has 1 amide bonds. The summed E-state index contributed by atoms with van der Waals surface area (Å²) in [4.78, 5) is 12.3. The van der Waals surface area contributed by atoms with Crippen LogP contribution in [0.4, 0.5) is 0 Å². The highest BCUT2D eigenvalue weighted by atomic mass is 79.9. The first kappa shape index (κ1) is 15.8. The lowest BCUT2D eigenvalue weighted by Gasteiger charge is -2.25. The van der Waals surface area contributed by atoms with Gasteiger partial charge in [-0.1, -0.05) is 47.1 Å². The minimum Gasteiger partial charge on any atom is -0.361 e. The molecule has 112 valence electrons. The zero-order valence-electron chi connectivity index (χ0n) is 12.7. The Hall–Kier alpha value is -1.62. The molecular formula is C16H19BrN2O2. The molecule has 0 radical (unpaired) electrons. The molecule has 2 rings (SSSR count). The van der Waals surface area contributed by atoms with E-state index in [-0.39, 0.29) is 11.3 Å². The highest BCUT2D eigenvalue weighted by molar-refractivity contribution is 9.10. The van der Waals surface area contributed by atoms with E-state index in [1.165, 1.54) is 5.56 Å². The summed E-state index contributed by atoms with van der Waals surface area (Å²) in [5.41, 5.74) is 2.16. The summed E-state index contributed by atoms with van der Waals surface area (Å²) >= 11 is 3.43. The van der Waals surface area contributed by atoms with E-state index in [0.717, 1.165) is 4.47 Å². The predicted octanol–water partition coefficient (Wildman–Crippen LogP) is 3.76. The third-order valence-electron chi connectivity index (χ3n) is 3.58. The molecule has 0 saturated heterocycles. The third-order valence-corrected chi connectivity index (χ3v) is 4.11. The number of carbonyl (C=O) groups excluding carboxylic acids is 1. The Morgan fingerprint density at radius 2 is 1.90 bits per heavy atom. The smallest absolute Gasteiger partial charge is 0.256 e. The van der Waals surface area contributed by atoms with Crippen molar-refractivity contribution in [3.63, 3.8) is 0 Å². The van der Waals surface area contributed by atoms with E-state index in [9.17, 15) is 4.79 Å². The number of benzene rings is 1. The molecule has 21 heavy (non-hydrogen) atoms. The molecule has 1 N–H and O–H groups in total. The standard InChI is InChI=1S/C16H19BrN2O2/c1-10-14(11(2)21-19-10)15(20)18-9-16(3,4)12-5-7-13(17)8-6-12/h5-8H,9H2,1-4H3,(H,18,20). The SMILES string of the molecule is Cc1noc(C)c1C(=O)NCC(C)(C)c1ccc(Br)cc1. The molecule has 2 aromatic rings. The molecule has 5 heteroatoms. The highest BCUT2D eigenvalue weighted by Gasteiger charge is 2.24. The Bertz CT molecular complexity index is 625. The van der Waals surface area contributed by atoms with Crippen LogP contribution in [0.3, 0.4) is 0 Å². The molecule has 4 nitrogen and oxygen atoms in total. The Labute approximate surface area is 133 Å². The van der Waals surface area contributed by atoms with Gasteiger partial charge < -0.3 is 9.84 Å². The van der Waals surface area contributed by atoms with Crippen molar-refractivity contribution in [1.82, 2.24) is 10.5 Å². The van der Waals surface area contributed by atoms with Crippen molar-refractivity contribution < 1.29 is 9.32 Å². The first-order chi connectivity index (χ1) is 9.81. The summed E-state index contributed by atoms with van der Waals surface area (Å²) in [7, 11) is 0. The lowest BCUT2D eigenvalue weighted by atomic mass is 9.84. The van der Waals surface area contributed by atoms with Crippen molar-refractivity contribution in [2.45, 2.75) is 33.1 Å². The van der Waals surface area contributed by atoms with Crippen molar-refractivity contribution in [3.8, 4) is 0 Å². The molecule has 1 heterocycles. The maximum atomic E-state index is 12.3. The van der Waals surface area contributed by atoms with E-state index in [0.29, 0.717) is 23.6 Å². The number of nitrogens with zero attached hydrogens (tertiary/aromatic N) is 1. The lowest BCUT2D eigenvalue weighted by molar-refractivity contribution is 0.0943. The maximum absolute atomic E-state index is 12.3. The topological polar surface area (TPSA) is 55.1 Å². The van der Waals surface area contributed by atoms with Crippen LogP contribution in [-0.4, -0.2) is 17.6 Å². The van der Waals surface area contributed by atoms with Crippen LogP contribution in [0.5, 0.6) is 0 Å². The molecular weight excluding hydrogens is 332 g/mol. The largest absolute Gasteiger partial charge is 0.361 e. The van der Waals surface area contributed by atoms with E-state index < -0.39 is 0 Å². The van der Waals surface area contributed by atoms with Gasteiger partial charge in [-0.3, -0.25) is 4.79 Å². The first-order valence-corrected chi connectivity index (χ1v) is 7.57. The molecule has 1 aromatic carbocycles. The van der Waals surface area contributed by atoms with Crippen LogP contribution >= 0.6 is 15.9 Å². The minimum absolute atomic E-state index is 0.142. The summed E-state index contributed by atoms with van der Waals surface area (Å²) < 4.78 is 6.07. The fraction of sp³-hybridized carbons (Fsp3) is 0.375. The number of halogens is 1. The van der Waals surface area contributed by atoms with Crippen LogP contribution in [0.1, 0.15) is 41.2 Å². The molecule has 0 bridgehead atoms. The van der Waals surface area contributed by atoms with Gasteiger partial charge in [0.15, 0.2) is 0 Å². The average molecular weight is 351 g/mol. The average Bonchev–Trinajstić information content (AvgIpc) is 2.76. The van der Waals surface area contributed by atoms with Gasteiger partial charge in [0.25, 0.3) is 5.91 Å². The second-order valence-electron chi connectivity index (χ2n) is 5.77. The number of hydrogen-bond donors (Lipinski definition) is 1. The van der Waals surface area contributed by atoms with Gasteiger partial charge >= 0.3 is 0 Å². The van der Waals surface area contributed by atoms with E-state index >= 15 is 0 Å². The zero-order chi connectivity index (χ0) is 15.6. The van der Waals surface area contributed by atoms with Crippen molar-refractivity contribution in [1.29, 1.82) is 0 Å². The maximum Gasteiger partial charge on any atom is 0.256 e. The number of hydrogen-bond acceptors (Lipinski definition) is 3. The van der Waals surface area contributed by atoms with Crippen LogP contribution in [0, 0.1) is 13.8 Å². The number of nitrogens with one attached hydrogen (secondary N) is 1. The number of amides is 1. The van der Waals surface area contributed by atoms with Gasteiger partial charge in [0.05, 0.1) is 5.69 Å². The number of aromatic nitrogens is 1. The lowest BCUT2D eigenvalue weighted by Crippen LogP contribution is -2.37. The molecule has 0 aliphatic carbocycles. The van der Waals surface area contributed by atoms with E-state index in [1.54, 1.807) is 13.8 Å². The molecule has 0 aliphatic heterocycles. The summed E-state index contributed by atoms with van der Waals surface area (Å²) in [6.07, 6.45) is 0. The van der Waals surface area contributed by atoms with Gasteiger partial charge in [0.2, 0.25) is 0 Å². The zero-order valence-corrected chi connectivity index (χ0v) is 14.2. The summed E-state index contributed by atoms with van der Waals surface area (Å²) in [6.45, 7) is 8.26. The predicted molar refractivity (Wildman–Crippen MR) is 85.5 cm³/mol. The fourth-order valence-corrected chi connectivity index (χ4v) is 2.46. The monoisotopic (exact) mass is 350 g/mol. The van der Waals surface area contributed by atoms with Crippen LogP contribution in [0.2, 0.25) is 0 Å². The second-order valence-corrected chi connectivity index (χ2v) is 6.69. The Balaban J connectivity index is 2.08. The molecule has 0 fully saturated rings. The van der Waals surface area contributed by atoms with Crippen molar-refractivity contribution in [2.75, 3.05) is 6.54 Å². The molecule has 0 saturated carbocycles. The second kappa shape index (κ2) is 6.02. The summed E-state index contributed by atoms with van der Waals surface area (Å²) in [5.74, 6) is 0.405. The Morgan fingerprint density at radius 3 is 2.43 bits per heavy atom. The number of carbonyl (C=O) groups is 1. The molecule has 0 spiro atoms. The Morgan fingerprint density at radius 1 is 1.29 bits per heavy atom. The molecule has 0 atom stereocenters. The van der Waals surface area contributed by atoms with Gasteiger partial charge in [-0.15, -0.1) is 0 Å². The normalized spacial score (nSPS) is 11.5. The molecule has 0 unspecified atom stereocenters. The fourth-order valence-electron chi connectivity index (χ4n) is 2.20. The Kier molecular flexibility index (Phi) is 4.52. The number of aryl methyl sites for hydroxylation is 2. The van der Waals surface area contributed by atoms with Crippen molar-refractivity contribution in [2.24, 2.45) is 0 Å². The van der Waals surface area contributed by atoms with Gasteiger partial charge in [0, 0.05) is 16.4 Å². The van der Waals surface area contributed by atoms with E-state index in [2.05, 4.69) is 52.4 Å². The van der Waals surface area contributed by atoms with Crippen LogP contribution in [-0.2, 0) is 5.41 Å². The van der Waals surface area contributed by atoms with Crippen LogP contribution < -0.4 is 5.32 Å². The minimum atomic E-state index is -0.157. The van der Waals surface area contributed by atoms with Crippen molar-refractivity contribution >= 4 is 21.8 Å². The first-order valence-electron chi connectivity index (χ1n) is 6.78. The van der Waals surface area contributed by atoms with Crippen molar-refractivity contribution in [3.05, 3.63) is 51.3 Å². The van der Waals surface area contributed by atoms with E-state index in [1.807, 2.05) is 12.1 Å². The quantitative estimate of drug-likeness (QED) is 0.913. The number of rotatable bonds is 4. The molecule has 1 aromatic heterocycles. The van der Waals surface area contributed by atoms with Gasteiger partial charge in [-0.25, -0.2) is 0 Å². The summed E-state index contributed by atoms with van der Waals surface area (Å²) in [5, 5.41) is 6.78. The van der Waals surface area contributed by atoms with Gasteiger partial charge in [-0.05, 0) is 31.5 Å². The van der Waals surface area contributed by atoms with Crippen LogP contribution in [0.15, 0.2) is 33.3 Å². The van der Waals surface area contributed by atoms with E-state index in [4.69, 9.17) is 4.52 Å².